The van der Waals surface area contributed by atoms with Crippen molar-refractivity contribution in [3.63, 3.8) is 0 Å². The zero-order valence-electron chi connectivity index (χ0n) is 21.7. The number of rotatable bonds is 9. The third-order valence-corrected chi connectivity index (χ3v) is 7.67. The molecule has 4 aromatic rings. The Bertz CT molecular complexity index is 1560. The molecule has 2 amide bonds. The van der Waals surface area contributed by atoms with Gasteiger partial charge < -0.3 is 19.7 Å². The number of carbonyl (C=O) groups excluding carboxylic acids is 2. The Morgan fingerprint density at radius 2 is 1.88 bits per heavy atom. The van der Waals surface area contributed by atoms with Crippen molar-refractivity contribution in [2.24, 2.45) is 0 Å². The van der Waals surface area contributed by atoms with Gasteiger partial charge in [-0.3, -0.25) is 14.2 Å². The summed E-state index contributed by atoms with van der Waals surface area (Å²) in [6.45, 7) is 0.510. The monoisotopic (exact) mass is 581 g/mol. The van der Waals surface area contributed by atoms with Crippen LogP contribution in [0, 0.1) is 5.82 Å². The second kappa shape index (κ2) is 12.0. The summed E-state index contributed by atoms with van der Waals surface area (Å²) < 4.78 is 27.0. The van der Waals surface area contributed by atoms with Gasteiger partial charge in [-0.05, 0) is 42.3 Å². The van der Waals surface area contributed by atoms with Crippen LogP contribution in [0.5, 0.6) is 11.5 Å². The molecule has 1 aromatic heterocycles. The highest BCUT2D eigenvalue weighted by Gasteiger charge is 2.26. The summed E-state index contributed by atoms with van der Waals surface area (Å²) in [5.74, 6) is -0.0209. The number of nitrogens with zero attached hydrogens (tertiary/aromatic N) is 4. The highest BCUT2D eigenvalue weighted by Crippen LogP contribution is 2.33. The molecule has 206 valence electrons. The van der Waals surface area contributed by atoms with Gasteiger partial charge in [0, 0.05) is 18.3 Å². The lowest BCUT2D eigenvalue weighted by atomic mass is 10.2. The van der Waals surface area contributed by atoms with E-state index < -0.39 is 11.7 Å². The van der Waals surface area contributed by atoms with Gasteiger partial charge in [0.05, 0.1) is 42.8 Å². The molecule has 0 aliphatic carbocycles. The molecular formula is C28H25ClFN5O4S. The van der Waals surface area contributed by atoms with Gasteiger partial charge in [0.1, 0.15) is 17.3 Å². The molecule has 1 aliphatic heterocycles. The van der Waals surface area contributed by atoms with Crippen LogP contribution in [-0.4, -0.2) is 53.1 Å². The number of fused-ring (bicyclic) bond motifs is 1. The minimum Gasteiger partial charge on any atom is -0.497 e. The van der Waals surface area contributed by atoms with E-state index in [0.717, 1.165) is 23.7 Å². The average molecular weight is 582 g/mol. The van der Waals surface area contributed by atoms with Crippen molar-refractivity contribution in [1.82, 2.24) is 20.1 Å². The third kappa shape index (κ3) is 5.47. The van der Waals surface area contributed by atoms with Crippen LogP contribution < -0.4 is 19.7 Å². The van der Waals surface area contributed by atoms with E-state index >= 15 is 0 Å². The number of anilines is 1. The number of methoxy groups -OCH3 is 2. The van der Waals surface area contributed by atoms with Crippen LogP contribution in [-0.2, 0) is 17.8 Å². The van der Waals surface area contributed by atoms with Crippen molar-refractivity contribution in [3.05, 3.63) is 88.5 Å². The molecular weight excluding hydrogens is 557 g/mol. The number of amides is 2. The molecule has 1 aliphatic rings. The predicted octanol–water partition coefficient (Wildman–Crippen LogP) is 4.69. The second-order valence-corrected chi connectivity index (χ2v) is 10.1. The fourth-order valence-corrected chi connectivity index (χ4v) is 5.57. The molecule has 0 saturated carbocycles. The lowest BCUT2D eigenvalue weighted by molar-refractivity contribution is -0.116. The summed E-state index contributed by atoms with van der Waals surface area (Å²) in [4.78, 5) is 27.8. The van der Waals surface area contributed by atoms with E-state index in [1.165, 1.54) is 31.0 Å². The first kappa shape index (κ1) is 27.5. The molecule has 0 atom stereocenters. The maximum absolute atomic E-state index is 14.3. The fourth-order valence-electron chi connectivity index (χ4n) is 4.49. The summed E-state index contributed by atoms with van der Waals surface area (Å²) in [5.41, 5.74) is 2.33. The molecule has 0 saturated heterocycles. The molecule has 1 N–H and O–H groups in total. The molecule has 9 nitrogen and oxygen atoms in total. The van der Waals surface area contributed by atoms with Crippen molar-refractivity contribution >= 4 is 40.9 Å². The van der Waals surface area contributed by atoms with Crippen LogP contribution in [0.15, 0.2) is 65.8 Å². The Balaban J connectivity index is 1.43. The molecule has 0 unspecified atom stereocenters. The zero-order chi connectivity index (χ0) is 28.2. The second-order valence-electron chi connectivity index (χ2n) is 8.76. The van der Waals surface area contributed by atoms with E-state index in [1.54, 1.807) is 34.8 Å². The summed E-state index contributed by atoms with van der Waals surface area (Å²) in [6.07, 6.45) is 0.805. The summed E-state index contributed by atoms with van der Waals surface area (Å²) in [6, 6.07) is 17.1. The number of para-hydroxylation sites is 1. The molecule has 0 radical (unpaired) electrons. The molecule has 5 rings (SSSR count). The molecule has 0 fully saturated rings. The SMILES string of the molecule is COc1ccc(OC)c(-n2c(CNC(=O)c3c(F)cccc3Cl)nnc2SCC(=O)N2CCc3ccccc32)c1. The standard InChI is InChI=1S/C28H25ClFN5O4S/c1-38-18-10-11-23(39-2)22(14-18)35-24(15-31-27(37)26-19(29)7-5-8-20(26)30)32-33-28(35)40-16-25(36)34-13-12-17-6-3-4-9-21(17)34/h3-11,14H,12-13,15-16H2,1-2H3,(H,31,37). The van der Waals surface area contributed by atoms with Crippen LogP contribution >= 0.6 is 23.4 Å². The molecule has 0 spiro atoms. The van der Waals surface area contributed by atoms with Gasteiger partial charge in [-0.25, -0.2) is 4.39 Å². The average Bonchev–Trinajstić information content (AvgIpc) is 3.58. The number of benzene rings is 3. The van der Waals surface area contributed by atoms with Crippen LogP contribution in [0.2, 0.25) is 5.02 Å². The van der Waals surface area contributed by atoms with Gasteiger partial charge in [-0.15, -0.1) is 10.2 Å². The zero-order valence-corrected chi connectivity index (χ0v) is 23.3. The van der Waals surface area contributed by atoms with Crippen molar-refractivity contribution in [2.45, 2.75) is 18.1 Å². The van der Waals surface area contributed by atoms with E-state index in [2.05, 4.69) is 15.5 Å². The van der Waals surface area contributed by atoms with Crippen LogP contribution in [0.3, 0.4) is 0 Å². The number of aromatic nitrogens is 3. The highest BCUT2D eigenvalue weighted by molar-refractivity contribution is 7.99. The minimum absolute atomic E-state index is 0.00771. The Morgan fingerprint density at radius 1 is 1.05 bits per heavy atom. The van der Waals surface area contributed by atoms with E-state index in [-0.39, 0.29) is 28.8 Å². The number of hydrogen-bond acceptors (Lipinski definition) is 7. The highest BCUT2D eigenvalue weighted by atomic mass is 35.5. The van der Waals surface area contributed by atoms with Gasteiger partial charge in [0.25, 0.3) is 5.91 Å². The first-order valence-corrected chi connectivity index (χ1v) is 13.7. The van der Waals surface area contributed by atoms with Crippen molar-refractivity contribution in [2.75, 3.05) is 31.4 Å². The number of hydrogen-bond donors (Lipinski definition) is 1. The Labute approximate surface area is 239 Å². The Hall–Kier alpha value is -4.09. The fraction of sp³-hybridized carbons (Fsp3) is 0.214. The lowest BCUT2D eigenvalue weighted by Crippen LogP contribution is -2.30. The topological polar surface area (TPSA) is 98.6 Å². The minimum atomic E-state index is -0.737. The van der Waals surface area contributed by atoms with E-state index in [4.69, 9.17) is 21.1 Å². The van der Waals surface area contributed by atoms with Crippen LogP contribution in [0.4, 0.5) is 10.1 Å². The predicted molar refractivity (Wildman–Crippen MR) is 150 cm³/mol. The number of ether oxygens (including phenoxy) is 2. The van der Waals surface area contributed by atoms with Gasteiger partial charge >= 0.3 is 0 Å². The van der Waals surface area contributed by atoms with E-state index in [9.17, 15) is 14.0 Å². The van der Waals surface area contributed by atoms with Gasteiger partial charge in [-0.1, -0.05) is 47.6 Å². The Kier molecular flexibility index (Phi) is 8.22. The smallest absolute Gasteiger partial charge is 0.256 e. The van der Waals surface area contributed by atoms with Crippen molar-refractivity contribution in [1.29, 1.82) is 0 Å². The number of carbonyl (C=O) groups is 2. The third-order valence-electron chi connectivity index (χ3n) is 6.44. The molecule has 40 heavy (non-hydrogen) atoms. The first-order valence-electron chi connectivity index (χ1n) is 12.3. The summed E-state index contributed by atoms with van der Waals surface area (Å²) >= 11 is 7.27. The molecule has 12 heteroatoms. The van der Waals surface area contributed by atoms with Crippen LogP contribution in [0.1, 0.15) is 21.7 Å². The van der Waals surface area contributed by atoms with Gasteiger partial charge in [-0.2, -0.15) is 0 Å². The van der Waals surface area contributed by atoms with Crippen molar-refractivity contribution < 1.29 is 23.5 Å². The number of halogens is 2. The Morgan fingerprint density at radius 3 is 2.65 bits per heavy atom. The molecule has 2 heterocycles. The normalized spacial score (nSPS) is 12.2. The summed E-state index contributed by atoms with van der Waals surface area (Å²) in [7, 11) is 3.07. The summed E-state index contributed by atoms with van der Waals surface area (Å²) in [5, 5.41) is 11.6. The maximum atomic E-state index is 14.3. The molecule has 3 aromatic carbocycles. The van der Waals surface area contributed by atoms with E-state index in [1.807, 2.05) is 24.3 Å². The largest absolute Gasteiger partial charge is 0.497 e. The van der Waals surface area contributed by atoms with Crippen molar-refractivity contribution in [3.8, 4) is 17.2 Å². The van der Waals surface area contributed by atoms with Gasteiger partial charge in [0.15, 0.2) is 11.0 Å². The van der Waals surface area contributed by atoms with Crippen LogP contribution in [0.25, 0.3) is 5.69 Å². The van der Waals surface area contributed by atoms with E-state index in [0.29, 0.717) is 34.7 Å². The first-order chi connectivity index (χ1) is 19.4. The number of nitrogens with one attached hydrogen (secondary N) is 1. The van der Waals surface area contributed by atoms with Gasteiger partial charge in [0.2, 0.25) is 5.91 Å². The number of thioether (sulfide) groups is 1. The maximum Gasteiger partial charge on any atom is 0.256 e. The quantitative estimate of drug-likeness (QED) is 0.286. The molecule has 0 bridgehead atoms. The lowest BCUT2D eigenvalue weighted by Gasteiger charge is -2.18.